The smallest absolute Gasteiger partial charge is 0.248 e. The quantitative estimate of drug-likeness (QED) is 0.391. The van der Waals surface area contributed by atoms with E-state index in [1.54, 1.807) is 0 Å². The lowest BCUT2D eigenvalue weighted by atomic mass is 10.2. The lowest BCUT2D eigenvalue weighted by molar-refractivity contribution is 0.149. The molecule has 1 aromatic heterocycles. The zero-order chi connectivity index (χ0) is 10.0. The topological polar surface area (TPSA) is 12.9 Å². The molecule has 6 heteroatoms. The first-order valence-corrected chi connectivity index (χ1v) is 6.24. The fraction of sp³-hybridized carbons (Fsp3) is 0.286. The summed E-state index contributed by atoms with van der Waals surface area (Å²) in [5.41, 5.74) is 0.585. The van der Waals surface area contributed by atoms with Crippen LogP contribution in [-0.4, -0.2) is 4.98 Å². The van der Waals surface area contributed by atoms with E-state index in [1.807, 2.05) is 22.6 Å². The highest BCUT2D eigenvalue weighted by Gasteiger charge is 2.18. The van der Waals surface area contributed by atoms with Gasteiger partial charge >= 0.3 is 0 Å². The molecule has 0 fully saturated rings. The molecule has 0 saturated heterocycles. The second-order valence-electron chi connectivity index (χ2n) is 2.24. The number of hydrogen-bond acceptors (Lipinski definition) is 1. The molecular formula is C7H4Br2F2IN. The number of rotatable bonds is 2. The van der Waals surface area contributed by atoms with Crippen LogP contribution >= 0.6 is 54.5 Å². The minimum atomic E-state index is -2.46. The van der Waals surface area contributed by atoms with Crippen LogP contribution in [0.2, 0.25) is 0 Å². The highest BCUT2D eigenvalue weighted by Crippen LogP contribution is 2.32. The van der Waals surface area contributed by atoms with Gasteiger partial charge < -0.3 is 0 Å². The maximum Gasteiger partial charge on any atom is 0.265 e. The molecule has 0 aliphatic heterocycles. The zero-order valence-corrected chi connectivity index (χ0v) is 11.5. The highest BCUT2D eigenvalue weighted by atomic mass is 127. The first-order valence-electron chi connectivity index (χ1n) is 3.24. The zero-order valence-electron chi connectivity index (χ0n) is 6.20. The molecule has 1 aromatic rings. The minimum absolute atomic E-state index is 0.0550. The average molecular weight is 427 g/mol. The van der Waals surface area contributed by atoms with Crippen LogP contribution in [0.4, 0.5) is 8.78 Å². The fourth-order valence-corrected chi connectivity index (χ4v) is 2.34. The molecule has 72 valence electrons. The van der Waals surface area contributed by atoms with Gasteiger partial charge in [0, 0.05) is 17.1 Å². The lowest BCUT2D eigenvalue weighted by Gasteiger charge is -2.09. The van der Waals surface area contributed by atoms with Crippen molar-refractivity contribution < 1.29 is 8.78 Å². The van der Waals surface area contributed by atoms with Crippen LogP contribution < -0.4 is 0 Å². The summed E-state index contributed by atoms with van der Waals surface area (Å²) in [4.78, 5) is 3.94. The van der Waals surface area contributed by atoms with Crippen molar-refractivity contribution in [3.63, 3.8) is 0 Å². The molecule has 0 bridgehead atoms. The Hall–Kier alpha value is 0.700. The standard InChI is InChI=1S/C7H4Br2F2IN/c8-1-3-2-13-6(9)5(12)4(3)7(10)11/h2,7H,1H2. The van der Waals surface area contributed by atoms with Crippen molar-refractivity contribution in [2.75, 3.05) is 0 Å². The molecule has 0 aromatic carbocycles. The normalized spacial score (nSPS) is 10.9. The van der Waals surface area contributed by atoms with Gasteiger partial charge in [0.15, 0.2) is 0 Å². The maximum atomic E-state index is 12.6. The summed E-state index contributed by atoms with van der Waals surface area (Å²) in [6.07, 6.45) is -1.01. The minimum Gasteiger partial charge on any atom is -0.248 e. The Morgan fingerprint density at radius 3 is 2.62 bits per heavy atom. The van der Waals surface area contributed by atoms with Gasteiger partial charge in [0.05, 0.1) is 3.57 Å². The first kappa shape index (κ1) is 11.8. The third-order valence-corrected chi connectivity index (χ3v) is 4.50. The van der Waals surface area contributed by atoms with Crippen molar-refractivity contribution in [3.05, 3.63) is 25.5 Å². The summed E-state index contributed by atoms with van der Waals surface area (Å²) < 4.78 is 26.1. The SMILES string of the molecule is FC(F)c1c(CBr)cnc(Br)c1I. The number of halogens is 5. The molecule has 0 unspecified atom stereocenters. The summed E-state index contributed by atoms with van der Waals surface area (Å²) in [5, 5.41) is 0.392. The van der Waals surface area contributed by atoms with E-state index in [2.05, 4.69) is 36.8 Å². The molecule has 0 saturated carbocycles. The largest absolute Gasteiger partial charge is 0.265 e. The maximum absolute atomic E-state index is 12.6. The van der Waals surface area contributed by atoms with Crippen molar-refractivity contribution >= 4 is 54.5 Å². The van der Waals surface area contributed by atoms with Crippen molar-refractivity contribution in [1.29, 1.82) is 0 Å². The molecule has 1 rings (SSSR count). The van der Waals surface area contributed by atoms with Crippen LogP contribution in [0.3, 0.4) is 0 Å². The van der Waals surface area contributed by atoms with E-state index in [9.17, 15) is 8.78 Å². The van der Waals surface area contributed by atoms with E-state index < -0.39 is 6.43 Å². The van der Waals surface area contributed by atoms with Gasteiger partial charge in [-0.1, -0.05) is 15.9 Å². The number of nitrogens with zero attached hydrogens (tertiary/aromatic N) is 1. The van der Waals surface area contributed by atoms with E-state index >= 15 is 0 Å². The number of pyridine rings is 1. The number of aromatic nitrogens is 1. The van der Waals surface area contributed by atoms with E-state index in [0.717, 1.165) is 0 Å². The average Bonchev–Trinajstić information content (AvgIpc) is 2.08. The molecule has 0 N–H and O–H groups in total. The Bertz CT molecular complexity index is 320. The molecule has 0 amide bonds. The van der Waals surface area contributed by atoms with Crippen LogP contribution in [0.5, 0.6) is 0 Å². The Balaban J connectivity index is 3.32. The molecule has 1 heterocycles. The molecule has 0 radical (unpaired) electrons. The van der Waals surface area contributed by atoms with Crippen molar-refractivity contribution in [2.45, 2.75) is 11.8 Å². The van der Waals surface area contributed by atoms with Crippen LogP contribution in [0.15, 0.2) is 10.8 Å². The van der Waals surface area contributed by atoms with Crippen molar-refractivity contribution in [2.24, 2.45) is 0 Å². The fourth-order valence-electron chi connectivity index (χ4n) is 0.855. The Morgan fingerprint density at radius 2 is 2.15 bits per heavy atom. The third kappa shape index (κ3) is 2.59. The van der Waals surface area contributed by atoms with Crippen molar-refractivity contribution in [1.82, 2.24) is 4.98 Å². The summed E-state index contributed by atoms with van der Waals surface area (Å²) >= 11 is 8.11. The highest BCUT2D eigenvalue weighted by molar-refractivity contribution is 14.1. The van der Waals surface area contributed by atoms with Crippen LogP contribution in [0, 0.1) is 3.57 Å². The third-order valence-electron chi connectivity index (χ3n) is 1.46. The van der Waals surface area contributed by atoms with Crippen LogP contribution in [-0.2, 0) is 5.33 Å². The summed E-state index contributed by atoms with van der Waals surface area (Å²) in [5.74, 6) is 0. The van der Waals surface area contributed by atoms with E-state index in [1.165, 1.54) is 6.20 Å². The predicted molar refractivity (Wildman–Crippen MR) is 62.2 cm³/mol. The summed E-state index contributed by atoms with van der Waals surface area (Å²) in [6, 6.07) is 0. The van der Waals surface area contributed by atoms with Gasteiger partial charge in [0.1, 0.15) is 4.60 Å². The van der Waals surface area contributed by atoms with Gasteiger partial charge in [-0.25, -0.2) is 13.8 Å². The number of alkyl halides is 3. The summed E-state index contributed by atoms with van der Waals surface area (Å²) in [6.45, 7) is 0. The second-order valence-corrected chi connectivity index (χ2v) is 4.63. The molecule has 0 aliphatic rings. The molecule has 0 spiro atoms. The van der Waals surface area contributed by atoms with Gasteiger partial charge in [-0.15, -0.1) is 0 Å². The second kappa shape index (κ2) is 4.97. The van der Waals surface area contributed by atoms with Gasteiger partial charge in [0.2, 0.25) is 0 Å². The summed E-state index contributed by atoms with van der Waals surface area (Å²) in [7, 11) is 0. The Morgan fingerprint density at radius 1 is 1.54 bits per heavy atom. The van der Waals surface area contributed by atoms with E-state index in [4.69, 9.17) is 0 Å². The Kier molecular flexibility index (Phi) is 4.50. The Labute approximate surface area is 105 Å². The van der Waals surface area contributed by atoms with Gasteiger partial charge in [-0.2, -0.15) is 0 Å². The first-order chi connectivity index (χ1) is 6.07. The molecular weight excluding hydrogens is 423 g/mol. The van der Waals surface area contributed by atoms with Crippen LogP contribution in [0.1, 0.15) is 17.6 Å². The van der Waals surface area contributed by atoms with Gasteiger partial charge in [-0.05, 0) is 44.1 Å². The van der Waals surface area contributed by atoms with Gasteiger partial charge in [0.25, 0.3) is 6.43 Å². The van der Waals surface area contributed by atoms with E-state index in [-0.39, 0.29) is 5.56 Å². The molecule has 0 aliphatic carbocycles. The predicted octanol–water partition coefficient (Wildman–Crippen LogP) is 4.28. The molecule has 0 atom stereocenters. The van der Waals surface area contributed by atoms with Gasteiger partial charge in [-0.3, -0.25) is 0 Å². The van der Waals surface area contributed by atoms with E-state index in [0.29, 0.717) is 19.1 Å². The lowest BCUT2D eigenvalue weighted by Crippen LogP contribution is -1.99. The van der Waals surface area contributed by atoms with Crippen molar-refractivity contribution in [3.8, 4) is 0 Å². The molecule has 1 nitrogen and oxygen atoms in total. The molecule has 13 heavy (non-hydrogen) atoms. The monoisotopic (exact) mass is 425 g/mol. The number of hydrogen-bond donors (Lipinski definition) is 0. The van der Waals surface area contributed by atoms with Crippen LogP contribution in [0.25, 0.3) is 0 Å².